The van der Waals surface area contributed by atoms with E-state index >= 15 is 0 Å². The summed E-state index contributed by atoms with van der Waals surface area (Å²) in [6.45, 7) is 1.92. The van der Waals surface area contributed by atoms with E-state index in [1.165, 1.54) is 0 Å². The van der Waals surface area contributed by atoms with Gasteiger partial charge in [0.2, 0.25) is 29.5 Å². The number of carboxylic acids is 1. The molecular formula is C22H41N9O8S. The number of aliphatic hydroxyl groups is 1. The summed E-state index contributed by atoms with van der Waals surface area (Å²) >= 11 is 3.80. The van der Waals surface area contributed by atoms with Crippen molar-refractivity contribution in [3.05, 3.63) is 0 Å². The van der Waals surface area contributed by atoms with Crippen LogP contribution in [0.5, 0.6) is 0 Å². The van der Waals surface area contributed by atoms with Crippen molar-refractivity contribution in [3.8, 4) is 0 Å². The first-order chi connectivity index (χ1) is 18.7. The molecule has 0 bridgehead atoms. The molecule has 0 aliphatic rings. The van der Waals surface area contributed by atoms with Crippen molar-refractivity contribution in [3.63, 3.8) is 0 Å². The Morgan fingerprint density at radius 3 is 1.98 bits per heavy atom. The van der Waals surface area contributed by atoms with E-state index in [9.17, 15) is 33.9 Å². The molecule has 0 saturated heterocycles. The number of guanidine groups is 1. The number of carbonyl (C=O) groups excluding carboxylic acids is 5. The van der Waals surface area contributed by atoms with Gasteiger partial charge in [0.15, 0.2) is 5.96 Å². The average molecular weight is 592 g/mol. The van der Waals surface area contributed by atoms with Crippen molar-refractivity contribution >= 4 is 54.1 Å². The molecule has 0 aromatic carbocycles. The number of nitrogens with zero attached hydrogens (tertiary/aromatic N) is 1. The predicted molar refractivity (Wildman–Crippen MR) is 148 cm³/mol. The summed E-state index contributed by atoms with van der Waals surface area (Å²) in [5.41, 5.74) is 16.5. The summed E-state index contributed by atoms with van der Waals surface area (Å²) in [7, 11) is 0. The molecule has 0 radical (unpaired) electrons. The zero-order valence-electron chi connectivity index (χ0n) is 22.5. The number of hydrogen-bond acceptors (Lipinski definition) is 10. The lowest BCUT2D eigenvalue weighted by atomic mass is 10.0. The Labute approximate surface area is 237 Å². The topological polar surface area (TPSA) is 293 Å². The Kier molecular flexibility index (Phi) is 17.7. The Morgan fingerprint density at radius 1 is 0.850 bits per heavy atom. The van der Waals surface area contributed by atoms with Gasteiger partial charge in [0, 0.05) is 12.3 Å². The lowest BCUT2D eigenvalue weighted by Crippen LogP contribution is -2.57. The molecule has 40 heavy (non-hydrogen) atoms. The van der Waals surface area contributed by atoms with Crippen LogP contribution in [0, 0.1) is 5.92 Å². The molecular weight excluding hydrogens is 550 g/mol. The third-order valence-electron chi connectivity index (χ3n) is 5.14. The highest BCUT2D eigenvalue weighted by molar-refractivity contribution is 7.80. The van der Waals surface area contributed by atoms with Gasteiger partial charge in [-0.2, -0.15) is 12.6 Å². The minimum absolute atomic E-state index is 0.0863. The number of rotatable bonds is 19. The van der Waals surface area contributed by atoms with Gasteiger partial charge in [-0.3, -0.25) is 29.0 Å². The van der Waals surface area contributed by atoms with E-state index in [1.54, 1.807) is 0 Å². The monoisotopic (exact) mass is 591 g/mol. The van der Waals surface area contributed by atoms with Crippen LogP contribution >= 0.6 is 12.6 Å². The second-order valence-corrected chi connectivity index (χ2v) is 9.49. The zero-order chi connectivity index (χ0) is 30.8. The van der Waals surface area contributed by atoms with Crippen molar-refractivity contribution in [2.45, 2.75) is 57.3 Å². The first-order valence-electron chi connectivity index (χ1n) is 12.4. The average Bonchev–Trinajstić information content (AvgIpc) is 2.88. The fourth-order valence-electron chi connectivity index (χ4n) is 3.10. The number of amides is 5. The van der Waals surface area contributed by atoms with Gasteiger partial charge in [-0.15, -0.1) is 0 Å². The van der Waals surface area contributed by atoms with Gasteiger partial charge in [-0.05, 0) is 25.2 Å². The van der Waals surface area contributed by atoms with Gasteiger partial charge in [-0.25, -0.2) is 4.79 Å². The normalized spacial score (nSPS) is 13.7. The smallest absolute Gasteiger partial charge is 0.327 e. The van der Waals surface area contributed by atoms with Crippen molar-refractivity contribution in [2.75, 3.05) is 32.0 Å². The van der Waals surface area contributed by atoms with Crippen LogP contribution in [-0.2, 0) is 28.8 Å². The quantitative estimate of drug-likeness (QED) is 0.0293. The van der Waals surface area contributed by atoms with Gasteiger partial charge < -0.3 is 54.0 Å². The molecule has 0 aliphatic heterocycles. The molecule has 18 heteroatoms. The summed E-state index contributed by atoms with van der Waals surface area (Å²) in [5.74, 6) is -5.35. The summed E-state index contributed by atoms with van der Waals surface area (Å²) in [4.78, 5) is 76.3. The Morgan fingerprint density at radius 2 is 1.45 bits per heavy atom. The van der Waals surface area contributed by atoms with Crippen molar-refractivity contribution < 1.29 is 39.0 Å². The molecule has 228 valence electrons. The number of hydrogen-bond donors (Lipinski definition) is 11. The molecule has 0 spiro atoms. The minimum atomic E-state index is -1.48. The maximum absolute atomic E-state index is 12.9. The van der Waals surface area contributed by atoms with Crippen molar-refractivity contribution in [1.82, 2.24) is 26.6 Å². The van der Waals surface area contributed by atoms with Crippen LogP contribution in [0.2, 0.25) is 0 Å². The maximum Gasteiger partial charge on any atom is 0.327 e. The molecule has 17 nitrogen and oxygen atoms in total. The third-order valence-corrected chi connectivity index (χ3v) is 5.51. The van der Waals surface area contributed by atoms with Gasteiger partial charge >= 0.3 is 5.97 Å². The Balaban J connectivity index is 5.04. The molecule has 0 aromatic heterocycles. The SMILES string of the molecule is CC(C)C[C@H](N)C(=O)N[C@@H](CCCN=C(N)N)C(=O)N[C@@H](CO)C(=O)NCC(=O)NCC(=O)N[C@@H](CS)C(=O)O. The molecule has 0 fully saturated rings. The van der Waals surface area contributed by atoms with Gasteiger partial charge in [0.1, 0.15) is 18.1 Å². The number of carboxylic acid groups (broad SMARTS) is 1. The Bertz CT molecular complexity index is 915. The van der Waals surface area contributed by atoms with Gasteiger partial charge in [-0.1, -0.05) is 13.8 Å². The summed E-state index contributed by atoms with van der Waals surface area (Å²) in [5, 5.41) is 29.9. The fourth-order valence-corrected chi connectivity index (χ4v) is 3.34. The molecule has 0 unspecified atom stereocenters. The van der Waals surface area contributed by atoms with Crippen LogP contribution in [0.3, 0.4) is 0 Å². The summed E-state index contributed by atoms with van der Waals surface area (Å²) in [6.07, 6.45) is 0.748. The number of thiol groups is 1. The number of aliphatic hydroxyl groups excluding tert-OH is 1. The van der Waals surface area contributed by atoms with Gasteiger partial charge in [0.25, 0.3) is 0 Å². The molecule has 4 atom stereocenters. The third kappa shape index (κ3) is 15.7. The minimum Gasteiger partial charge on any atom is -0.480 e. The zero-order valence-corrected chi connectivity index (χ0v) is 23.4. The second-order valence-electron chi connectivity index (χ2n) is 9.13. The number of aliphatic carboxylic acids is 1. The second kappa shape index (κ2) is 19.4. The van der Waals surface area contributed by atoms with Crippen molar-refractivity contribution in [1.29, 1.82) is 0 Å². The van der Waals surface area contributed by atoms with Crippen LogP contribution in [0.25, 0.3) is 0 Å². The largest absolute Gasteiger partial charge is 0.480 e. The number of aliphatic imine (C=N–C) groups is 1. The number of carbonyl (C=O) groups is 6. The van der Waals surface area contributed by atoms with Crippen LogP contribution in [0.15, 0.2) is 4.99 Å². The molecule has 13 N–H and O–H groups in total. The molecule has 0 rings (SSSR count). The number of nitrogens with one attached hydrogen (secondary N) is 5. The Hall–Kier alpha value is -3.64. The maximum atomic E-state index is 12.9. The highest BCUT2D eigenvalue weighted by atomic mass is 32.1. The van der Waals surface area contributed by atoms with Crippen molar-refractivity contribution in [2.24, 2.45) is 28.1 Å². The molecule has 0 aliphatic carbocycles. The number of nitrogens with two attached hydrogens (primary N) is 3. The van der Waals surface area contributed by atoms with E-state index in [4.69, 9.17) is 22.3 Å². The standard InChI is InChI=1S/C22H41N9O8S/c1-11(2)6-12(23)18(35)30-13(4-3-5-26-22(24)25)20(37)31-14(9-32)19(36)28-7-16(33)27-8-17(34)29-15(10-40)21(38)39/h11-15,32,40H,3-10,23H2,1-2H3,(H,27,33)(H,28,36)(H,29,34)(H,30,35)(H,31,37)(H,38,39)(H4,24,25,26)/t12-,13-,14-,15-/m0/s1. The summed E-state index contributed by atoms with van der Waals surface area (Å²) < 4.78 is 0. The first-order valence-corrected chi connectivity index (χ1v) is 13.0. The fraction of sp³-hybridized carbons (Fsp3) is 0.682. The molecule has 0 heterocycles. The molecule has 0 saturated carbocycles. The van der Waals surface area contributed by atoms with E-state index < -0.39 is 79.4 Å². The highest BCUT2D eigenvalue weighted by Gasteiger charge is 2.28. The predicted octanol–water partition coefficient (Wildman–Crippen LogP) is -4.89. The van der Waals surface area contributed by atoms with Crippen LogP contribution in [-0.4, -0.2) is 108 Å². The first kappa shape index (κ1) is 36.4. The van der Waals surface area contributed by atoms with E-state index in [0.717, 1.165) is 0 Å². The van der Waals surface area contributed by atoms with Crippen LogP contribution in [0.1, 0.15) is 33.1 Å². The lowest BCUT2D eigenvalue weighted by Gasteiger charge is -2.23. The van der Waals surface area contributed by atoms with E-state index in [2.05, 4.69) is 44.2 Å². The molecule has 0 aromatic rings. The highest BCUT2D eigenvalue weighted by Crippen LogP contribution is 2.05. The van der Waals surface area contributed by atoms with Crippen LogP contribution in [0.4, 0.5) is 0 Å². The lowest BCUT2D eigenvalue weighted by molar-refractivity contribution is -0.141. The van der Waals surface area contributed by atoms with E-state index in [1.807, 2.05) is 13.8 Å². The van der Waals surface area contributed by atoms with Crippen LogP contribution < -0.4 is 43.8 Å². The van der Waals surface area contributed by atoms with E-state index in [0.29, 0.717) is 12.8 Å². The van der Waals surface area contributed by atoms with E-state index in [-0.39, 0.29) is 30.6 Å². The summed E-state index contributed by atoms with van der Waals surface area (Å²) in [6, 6.07) is -4.72. The van der Waals surface area contributed by atoms with Gasteiger partial charge in [0.05, 0.1) is 25.7 Å². The molecule has 5 amide bonds.